The van der Waals surface area contributed by atoms with Gasteiger partial charge in [-0.25, -0.2) is 0 Å². The Hall–Kier alpha value is -0.770. The van der Waals surface area contributed by atoms with Gasteiger partial charge in [-0.05, 0) is 57.0 Å². The van der Waals surface area contributed by atoms with Crippen LogP contribution >= 0.6 is 11.6 Å². The van der Waals surface area contributed by atoms with Gasteiger partial charge in [-0.2, -0.15) is 0 Å². The lowest BCUT2D eigenvalue weighted by atomic mass is 10.0. The monoisotopic (exact) mass is 309 g/mol. The van der Waals surface area contributed by atoms with Crippen molar-refractivity contribution in [3.8, 4) is 0 Å². The summed E-state index contributed by atoms with van der Waals surface area (Å²) in [6.45, 7) is 4.39. The van der Waals surface area contributed by atoms with Crippen molar-refractivity contribution in [2.75, 3.05) is 32.1 Å². The average molecular weight is 310 g/mol. The van der Waals surface area contributed by atoms with Gasteiger partial charge in [0.25, 0.3) is 0 Å². The first-order valence-electron chi connectivity index (χ1n) is 7.96. The topological polar surface area (TPSA) is 32.5 Å². The van der Waals surface area contributed by atoms with Crippen molar-refractivity contribution in [1.82, 2.24) is 4.90 Å². The Morgan fingerprint density at radius 1 is 1.48 bits per heavy atom. The Balaban J connectivity index is 2.14. The lowest BCUT2D eigenvalue weighted by molar-refractivity contribution is 0.314. The number of halogens is 1. The summed E-state index contributed by atoms with van der Waals surface area (Å²) in [5.41, 5.74) is 8.67. The van der Waals surface area contributed by atoms with Crippen molar-refractivity contribution < 1.29 is 0 Å². The normalized spacial score (nSPS) is 20.7. The number of likely N-dealkylation sites (tertiary alicyclic amines) is 1. The lowest BCUT2D eigenvalue weighted by Crippen LogP contribution is -2.37. The molecular weight excluding hydrogens is 282 g/mol. The molecule has 118 valence electrons. The molecule has 0 aromatic heterocycles. The molecule has 1 fully saturated rings. The van der Waals surface area contributed by atoms with Crippen LogP contribution in [0.25, 0.3) is 0 Å². The molecule has 1 aromatic carbocycles. The largest absolute Gasteiger partial charge is 0.373 e. The first-order valence-corrected chi connectivity index (χ1v) is 8.34. The van der Waals surface area contributed by atoms with Crippen LogP contribution in [0.1, 0.15) is 31.7 Å². The minimum Gasteiger partial charge on any atom is -0.373 e. The first-order chi connectivity index (χ1) is 10.0. The molecule has 4 heteroatoms. The van der Waals surface area contributed by atoms with Crippen LogP contribution in [-0.4, -0.2) is 44.2 Å². The van der Waals surface area contributed by atoms with E-state index in [9.17, 15) is 0 Å². The van der Waals surface area contributed by atoms with Crippen LogP contribution in [0.3, 0.4) is 0 Å². The Kier molecular flexibility index (Phi) is 5.91. The number of nitrogens with zero attached hydrogens (tertiary/aromatic N) is 2. The Labute approximate surface area is 134 Å². The number of hydrogen-bond acceptors (Lipinski definition) is 3. The molecule has 1 aliphatic rings. The van der Waals surface area contributed by atoms with Crippen LogP contribution in [0, 0.1) is 0 Å². The van der Waals surface area contributed by atoms with Crippen molar-refractivity contribution in [3.05, 3.63) is 28.8 Å². The molecule has 0 saturated carbocycles. The van der Waals surface area contributed by atoms with E-state index < -0.39 is 0 Å². The molecule has 0 aliphatic carbocycles. The molecule has 21 heavy (non-hydrogen) atoms. The molecule has 0 radical (unpaired) electrons. The lowest BCUT2D eigenvalue weighted by Gasteiger charge is -2.29. The quantitative estimate of drug-likeness (QED) is 0.876. The van der Waals surface area contributed by atoms with Gasteiger partial charge in [0.1, 0.15) is 0 Å². The van der Waals surface area contributed by atoms with Crippen molar-refractivity contribution in [2.45, 2.75) is 44.7 Å². The number of likely N-dealkylation sites (N-methyl/N-ethyl adjacent to an activating group) is 2. The van der Waals surface area contributed by atoms with Crippen LogP contribution < -0.4 is 10.6 Å². The highest BCUT2D eigenvalue weighted by Gasteiger charge is 2.23. The molecular formula is C17H28ClN3. The highest BCUT2D eigenvalue weighted by atomic mass is 35.5. The van der Waals surface area contributed by atoms with Crippen LogP contribution in [0.5, 0.6) is 0 Å². The zero-order valence-corrected chi connectivity index (χ0v) is 14.2. The number of nitrogens with two attached hydrogens (primary N) is 1. The molecule has 2 unspecified atom stereocenters. The molecule has 2 rings (SSSR count). The van der Waals surface area contributed by atoms with Crippen LogP contribution in [0.4, 0.5) is 5.69 Å². The molecule has 0 amide bonds. The van der Waals surface area contributed by atoms with Crippen LogP contribution in [0.2, 0.25) is 5.02 Å². The summed E-state index contributed by atoms with van der Waals surface area (Å²) < 4.78 is 0. The summed E-state index contributed by atoms with van der Waals surface area (Å²) in [5, 5.41) is 0.797. The maximum Gasteiger partial charge on any atom is 0.0426 e. The first kappa shape index (κ1) is 16.6. The van der Waals surface area contributed by atoms with E-state index in [4.69, 9.17) is 17.3 Å². The fourth-order valence-electron chi connectivity index (χ4n) is 3.12. The zero-order chi connectivity index (χ0) is 15.4. The van der Waals surface area contributed by atoms with Crippen LogP contribution in [0.15, 0.2) is 18.2 Å². The average Bonchev–Trinajstić information content (AvgIpc) is 2.86. The predicted octanol–water partition coefficient (Wildman–Crippen LogP) is 3.15. The number of anilines is 1. The number of rotatable bonds is 6. The fraction of sp³-hybridized carbons (Fsp3) is 0.647. The molecule has 1 saturated heterocycles. The van der Waals surface area contributed by atoms with Gasteiger partial charge in [0.2, 0.25) is 0 Å². The third-order valence-corrected chi connectivity index (χ3v) is 4.86. The van der Waals surface area contributed by atoms with Gasteiger partial charge >= 0.3 is 0 Å². The third kappa shape index (κ3) is 4.35. The minimum atomic E-state index is 0.215. The maximum absolute atomic E-state index is 6.21. The molecule has 0 bridgehead atoms. The van der Waals surface area contributed by atoms with Gasteiger partial charge in [-0.1, -0.05) is 24.6 Å². The van der Waals surface area contributed by atoms with Gasteiger partial charge in [0.15, 0.2) is 0 Å². The van der Waals surface area contributed by atoms with E-state index in [0.29, 0.717) is 6.04 Å². The summed E-state index contributed by atoms with van der Waals surface area (Å²) in [5.74, 6) is 0. The van der Waals surface area contributed by atoms with Crippen molar-refractivity contribution >= 4 is 17.3 Å². The van der Waals surface area contributed by atoms with Gasteiger partial charge in [0.05, 0.1) is 0 Å². The van der Waals surface area contributed by atoms with E-state index in [1.54, 1.807) is 0 Å². The zero-order valence-electron chi connectivity index (χ0n) is 13.5. The van der Waals surface area contributed by atoms with Crippen molar-refractivity contribution in [1.29, 1.82) is 0 Å². The van der Waals surface area contributed by atoms with Crippen LogP contribution in [-0.2, 0) is 6.42 Å². The van der Waals surface area contributed by atoms with E-state index in [1.165, 1.54) is 30.6 Å². The second-order valence-corrected chi connectivity index (χ2v) is 6.74. The second kappa shape index (κ2) is 7.48. The Morgan fingerprint density at radius 3 is 2.86 bits per heavy atom. The highest BCUT2D eigenvalue weighted by molar-refractivity contribution is 6.30. The summed E-state index contributed by atoms with van der Waals surface area (Å²) in [6, 6.07) is 7.03. The van der Waals surface area contributed by atoms with Gasteiger partial charge in [-0.15, -0.1) is 0 Å². The summed E-state index contributed by atoms with van der Waals surface area (Å²) >= 11 is 6.21. The molecule has 2 N–H and O–H groups in total. The second-order valence-electron chi connectivity index (χ2n) is 6.30. The third-order valence-electron chi connectivity index (χ3n) is 4.62. The van der Waals surface area contributed by atoms with E-state index >= 15 is 0 Å². The van der Waals surface area contributed by atoms with Gasteiger partial charge < -0.3 is 15.5 Å². The summed E-state index contributed by atoms with van der Waals surface area (Å²) in [7, 11) is 4.39. The summed E-state index contributed by atoms with van der Waals surface area (Å²) in [4.78, 5) is 4.80. The SMILES string of the molecule is CCC(N)Cc1ccc(Cl)cc1N(C)CC1CCCN1C. The summed E-state index contributed by atoms with van der Waals surface area (Å²) in [6.07, 6.45) is 4.49. The van der Waals surface area contributed by atoms with E-state index in [-0.39, 0.29) is 6.04 Å². The Bertz CT molecular complexity index is 463. The number of hydrogen-bond donors (Lipinski definition) is 1. The number of benzene rings is 1. The molecule has 1 aliphatic heterocycles. The van der Waals surface area contributed by atoms with E-state index in [1.807, 2.05) is 6.07 Å². The molecule has 1 aromatic rings. The minimum absolute atomic E-state index is 0.215. The standard InChI is InChI=1S/C17H28ClN3/c1-4-15(19)10-13-7-8-14(18)11-17(13)21(3)12-16-6-5-9-20(16)2/h7-8,11,15-16H,4-6,9-10,12,19H2,1-3H3. The van der Waals surface area contributed by atoms with Gasteiger partial charge in [-0.3, -0.25) is 0 Å². The molecule has 0 spiro atoms. The maximum atomic E-state index is 6.21. The predicted molar refractivity (Wildman–Crippen MR) is 92.3 cm³/mol. The highest BCUT2D eigenvalue weighted by Crippen LogP contribution is 2.27. The van der Waals surface area contributed by atoms with Crippen molar-refractivity contribution in [3.63, 3.8) is 0 Å². The molecule has 3 nitrogen and oxygen atoms in total. The van der Waals surface area contributed by atoms with E-state index in [2.05, 4.69) is 43.0 Å². The molecule has 1 heterocycles. The van der Waals surface area contributed by atoms with E-state index in [0.717, 1.165) is 24.4 Å². The smallest absolute Gasteiger partial charge is 0.0426 e. The van der Waals surface area contributed by atoms with Gasteiger partial charge in [0, 0.05) is 36.4 Å². The molecule has 2 atom stereocenters. The fourth-order valence-corrected chi connectivity index (χ4v) is 3.28. The van der Waals surface area contributed by atoms with Crippen molar-refractivity contribution in [2.24, 2.45) is 5.73 Å². The Morgan fingerprint density at radius 2 is 2.24 bits per heavy atom.